The third-order valence-corrected chi connectivity index (χ3v) is 5.74. The van der Waals surface area contributed by atoms with Gasteiger partial charge in [-0.1, -0.05) is 36.4 Å². The Labute approximate surface area is 225 Å². The van der Waals surface area contributed by atoms with Crippen molar-refractivity contribution in [2.75, 3.05) is 6.54 Å². The second-order valence-corrected chi connectivity index (χ2v) is 9.97. The van der Waals surface area contributed by atoms with Crippen LogP contribution < -0.4 is 15.4 Å². The normalized spacial score (nSPS) is 12.2. The van der Waals surface area contributed by atoms with E-state index in [1.54, 1.807) is 50.4 Å². The number of imidazole rings is 1. The molecule has 204 valence electrons. The number of amides is 2. The van der Waals surface area contributed by atoms with Gasteiger partial charge in [0.15, 0.2) is 23.0 Å². The Morgan fingerprint density at radius 2 is 1.77 bits per heavy atom. The fourth-order valence-corrected chi connectivity index (χ4v) is 3.99. The lowest BCUT2D eigenvalue weighted by molar-refractivity contribution is 0.0519. The molecule has 10 heteroatoms. The lowest BCUT2D eigenvalue weighted by Crippen LogP contribution is -2.40. The van der Waals surface area contributed by atoms with Gasteiger partial charge < -0.3 is 20.1 Å². The van der Waals surface area contributed by atoms with E-state index >= 15 is 0 Å². The van der Waals surface area contributed by atoms with E-state index in [-0.39, 0.29) is 17.8 Å². The predicted octanol–water partition coefficient (Wildman–Crippen LogP) is 5.50. The number of hydrogen-bond acceptors (Lipinski definition) is 5. The van der Waals surface area contributed by atoms with Crippen LogP contribution in [0.5, 0.6) is 5.75 Å². The maximum absolute atomic E-state index is 14.1. The van der Waals surface area contributed by atoms with Gasteiger partial charge in [-0.15, -0.1) is 0 Å². The molecule has 4 aromatic rings. The number of ether oxygens (including phenoxy) is 2. The maximum atomic E-state index is 14.1. The van der Waals surface area contributed by atoms with Gasteiger partial charge in [-0.25, -0.2) is 18.6 Å². The van der Waals surface area contributed by atoms with Gasteiger partial charge in [-0.3, -0.25) is 9.20 Å². The Kier molecular flexibility index (Phi) is 8.13. The number of benzene rings is 2. The van der Waals surface area contributed by atoms with Crippen LogP contribution in [0.15, 0.2) is 66.9 Å². The Morgan fingerprint density at radius 3 is 2.46 bits per heavy atom. The Balaban J connectivity index is 1.59. The van der Waals surface area contributed by atoms with E-state index in [1.807, 2.05) is 30.3 Å². The number of nitrogens with one attached hydrogen (secondary N) is 2. The topological polar surface area (TPSA) is 94.0 Å². The molecule has 2 heterocycles. The number of aryl methyl sites for hydroxylation is 1. The van der Waals surface area contributed by atoms with Gasteiger partial charge in [-0.05, 0) is 63.1 Å². The molecule has 0 radical (unpaired) electrons. The van der Waals surface area contributed by atoms with Crippen molar-refractivity contribution in [3.63, 3.8) is 0 Å². The molecule has 0 saturated carbocycles. The van der Waals surface area contributed by atoms with Crippen LogP contribution in [0.3, 0.4) is 0 Å². The van der Waals surface area contributed by atoms with E-state index in [0.717, 1.165) is 17.7 Å². The molecule has 0 aliphatic carbocycles. The van der Waals surface area contributed by atoms with Crippen molar-refractivity contribution >= 4 is 17.6 Å². The number of aromatic nitrogens is 2. The highest BCUT2D eigenvalue weighted by atomic mass is 19.2. The predicted molar refractivity (Wildman–Crippen MR) is 142 cm³/mol. The SMILES string of the molecule is Cc1nc2c(OCc3ccccc3)cccn2c1C(=O)NC(CNC(=O)OC(C)(C)C)c1ccc(F)c(F)c1. The molecular formula is C29H30F2N4O4. The summed E-state index contributed by atoms with van der Waals surface area (Å²) >= 11 is 0. The van der Waals surface area contributed by atoms with Crippen molar-refractivity contribution in [3.05, 3.63) is 101 Å². The van der Waals surface area contributed by atoms with Crippen LogP contribution in [0, 0.1) is 18.6 Å². The molecule has 1 atom stereocenters. The van der Waals surface area contributed by atoms with E-state index in [1.165, 1.54) is 6.07 Å². The van der Waals surface area contributed by atoms with E-state index < -0.39 is 35.3 Å². The largest absolute Gasteiger partial charge is 0.485 e. The van der Waals surface area contributed by atoms with Crippen molar-refractivity contribution in [1.82, 2.24) is 20.0 Å². The van der Waals surface area contributed by atoms with E-state index in [9.17, 15) is 18.4 Å². The van der Waals surface area contributed by atoms with Crippen LogP contribution in [0.4, 0.5) is 13.6 Å². The smallest absolute Gasteiger partial charge is 0.407 e. The second kappa shape index (κ2) is 11.5. The number of hydrogen-bond donors (Lipinski definition) is 2. The summed E-state index contributed by atoms with van der Waals surface area (Å²) in [7, 11) is 0. The van der Waals surface area contributed by atoms with Crippen molar-refractivity contribution in [3.8, 4) is 5.75 Å². The molecule has 4 rings (SSSR count). The number of pyridine rings is 1. The second-order valence-electron chi connectivity index (χ2n) is 9.97. The third-order valence-electron chi connectivity index (χ3n) is 5.74. The number of rotatable bonds is 8. The first-order chi connectivity index (χ1) is 18.5. The summed E-state index contributed by atoms with van der Waals surface area (Å²) in [6.45, 7) is 7.02. The van der Waals surface area contributed by atoms with Crippen LogP contribution in [0.2, 0.25) is 0 Å². The lowest BCUT2D eigenvalue weighted by atomic mass is 10.1. The molecule has 8 nitrogen and oxygen atoms in total. The Bertz CT molecular complexity index is 1480. The minimum Gasteiger partial charge on any atom is -0.485 e. The van der Waals surface area contributed by atoms with Crippen molar-refractivity contribution < 1.29 is 27.8 Å². The molecule has 1 unspecified atom stereocenters. The fourth-order valence-electron chi connectivity index (χ4n) is 3.99. The van der Waals surface area contributed by atoms with Gasteiger partial charge in [0.25, 0.3) is 5.91 Å². The van der Waals surface area contributed by atoms with Crippen LogP contribution in [-0.2, 0) is 11.3 Å². The Hall–Kier alpha value is -4.47. The van der Waals surface area contributed by atoms with E-state index in [4.69, 9.17) is 9.47 Å². The number of carbonyl (C=O) groups excluding carboxylic acids is 2. The number of halogens is 2. The van der Waals surface area contributed by atoms with Gasteiger partial charge in [0.2, 0.25) is 0 Å². The molecule has 0 spiro atoms. The van der Waals surface area contributed by atoms with Crippen LogP contribution in [0.1, 0.15) is 54.1 Å². The quantitative estimate of drug-likeness (QED) is 0.310. The zero-order valence-electron chi connectivity index (χ0n) is 22.1. The highest BCUT2D eigenvalue weighted by Gasteiger charge is 2.24. The third kappa shape index (κ3) is 6.90. The van der Waals surface area contributed by atoms with Gasteiger partial charge >= 0.3 is 6.09 Å². The monoisotopic (exact) mass is 536 g/mol. The summed E-state index contributed by atoms with van der Waals surface area (Å²) < 4.78 is 40.5. The molecule has 0 aliphatic rings. The molecule has 0 saturated heterocycles. The molecule has 2 aromatic carbocycles. The summed E-state index contributed by atoms with van der Waals surface area (Å²) in [6.07, 6.45) is 0.973. The molecule has 0 bridgehead atoms. The molecule has 2 N–H and O–H groups in total. The average Bonchev–Trinajstić information content (AvgIpc) is 3.23. The summed E-state index contributed by atoms with van der Waals surface area (Å²) in [6, 6.07) is 15.5. The standard InChI is InChI=1S/C29H30F2N4O4/c1-18-25(35-14-8-11-24(26(35)33-18)38-17-19-9-6-5-7-10-19)27(36)34-23(16-32-28(37)39-29(2,3)4)20-12-13-21(30)22(31)15-20/h5-15,23H,16-17H2,1-4H3,(H,32,37)(H,34,36). The number of alkyl carbamates (subject to hydrolysis) is 1. The van der Waals surface area contributed by atoms with Gasteiger partial charge in [0.05, 0.1) is 11.7 Å². The van der Waals surface area contributed by atoms with Crippen LogP contribution >= 0.6 is 0 Å². The molecule has 39 heavy (non-hydrogen) atoms. The molecule has 0 fully saturated rings. The van der Waals surface area contributed by atoms with Crippen molar-refractivity contribution in [2.45, 2.75) is 45.9 Å². The first-order valence-corrected chi connectivity index (χ1v) is 12.4. The lowest BCUT2D eigenvalue weighted by Gasteiger charge is -2.23. The highest BCUT2D eigenvalue weighted by molar-refractivity contribution is 5.95. The summed E-state index contributed by atoms with van der Waals surface area (Å²) in [4.78, 5) is 30.3. The zero-order chi connectivity index (χ0) is 28.2. The van der Waals surface area contributed by atoms with Crippen molar-refractivity contribution in [1.29, 1.82) is 0 Å². The fraction of sp³-hybridized carbons (Fsp3) is 0.276. The zero-order valence-corrected chi connectivity index (χ0v) is 22.1. The van der Waals surface area contributed by atoms with Gasteiger partial charge in [-0.2, -0.15) is 0 Å². The van der Waals surface area contributed by atoms with Gasteiger partial charge in [0, 0.05) is 12.7 Å². The van der Waals surface area contributed by atoms with Crippen LogP contribution in [0.25, 0.3) is 5.65 Å². The maximum Gasteiger partial charge on any atom is 0.407 e. The number of nitrogens with zero attached hydrogens (tertiary/aromatic N) is 2. The molecule has 2 aromatic heterocycles. The first kappa shape index (κ1) is 27.6. The van der Waals surface area contributed by atoms with Crippen molar-refractivity contribution in [2.24, 2.45) is 0 Å². The Morgan fingerprint density at radius 1 is 1.03 bits per heavy atom. The van der Waals surface area contributed by atoms with E-state index in [0.29, 0.717) is 23.7 Å². The first-order valence-electron chi connectivity index (χ1n) is 12.4. The van der Waals surface area contributed by atoms with E-state index in [2.05, 4.69) is 15.6 Å². The van der Waals surface area contributed by atoms with Crippen LogP contribution in [-0.4, -0.2) is 33.5 Å². The summed E-state index contributed by atoms with van der Waals surface area (Å²) in [5.41, 5.74) is 1.63. The summed E-state index contributed by atoms with van der Waals surface area (Å²) in [5, 5.41) is 5.39. The molecular weight excluding hydrogens is 506 g/mol. The minimum absolute atomic E-state index is 0.132. The molecule has 2 amide bonds. The number of fused-ring (bicyclic) bond motifs is 1. The highest BCUT2D eigenvalue weighted by Crippen LogP contribution is 2.24. The minimum atomic E-state index is -1.07. The molecule has 0 aliphatic heterocycles. The summed E-state index contributed by atoms with van der Waals surface area (Å²) in [5.74, 6) is -2.13. The average molecular weight is 537 g/mol. The van der Waals surface area contributed by atoms with Gasteiger partial charge in [0.1, 0.15) is 17.9 Å². The number of carbonyl (C=O) groups is 2.